The van der Waals surface area contributed by atoms with Gasteiger partial charge in [0.15, 0.2) is 11.6 Å². The van der Waals surface area contributed by atoms with Gasteiger partial charge in [-0.25, -0.2) is 9.37 Å². The van der Waals surface area contributed by atoms with Crippen LogP contribution in [0, 0.1) is 11.7 Å². The number of carbonyl (C=O) groups excluding carboxylic acids is 1. The number of anilines is 3. The SMILES string of the molecule is CC(C)C[C@H](CN)Nc1nc(Nc2ccc3nccnc3c2)c(C(N)=O)cc1F. The first-order valence-electron chi connectivity index (χ1n) is 9.32. The van der Waals surface area contributed by atoms with Crippen LogP contribution in [0.15, 0.2) is 36.7 Å². The number of nitrogens with one attached hydrogen (secondary N) is 2. The van der Waals surface area contributed by atoms with Gasteiger partial charge in [-0.05, 0) is 36.6 Å². The molecule has 0 aliphatic carbocycles. The summed E-state index contributed by atoms with van der Waals surface area (Å²) in [7, 11) is 0. The highest BCUT2D eigenvalue weighted by atomic mass is 19.1. The third-order valence-corrected chi connectivity index (χ3v) is 4.35. The Labute approximate surface area is 167 Å². The van der Waals surface area contributed by atoms with Crippen molar-refractivity contribution >= 4 is 34.3 Å². The fourth-order valence-electron chi connectivity index (χ4n) is 3.03. The summed E-state index contributed by atoms with van der Waals surface area (Å²) < 4.78 is 14.6. The molecule has 2 aromatic heterocycles. The van der Waals surface area contributed by atoms with Crippen molar-refractivity contribution in [1.29, 1.82) is 0 Å². The molecule has 0 aliphatic rings. The molecule has 0 saturated heterocycles. The number of amides is 1. The summed E-state index contributed by atoms with van der Waals surface area (Å²) in [4.78, 5) is 24.6. The molecule has 0 saturated carbocycles. The number of carbonyl (C=O) groups is 1. The molecule has 0 unspecified atom stereocenters. The van der Waals surface area contributed by atoms with E-state index in [0.717, 1.165) is 18.0 Å². The van der Waals surface area contributed by atoms with E-state index >= 15 is 0 Å². The van der Waals surface area contributed by atoms with Crippen LogP contribution in [0.5, 0.6) is 0 Å². The summed E-state index contributed by atoms with van der Waals surface area (Å²) in [5.41, 5.74) is 13.2. The number of hydrogen-bond acceptors (Lipinski definition) is 7. The summed E-state index contributed by atoms with van der Waals surface area (Å²) in [5.74, 6) is -0.932. The first-order valence-corrected chi connectivity index (χ1v) is 9.32. The lowest BCUT2D eigenvalue weighted by molar-refractivity contribution is 0.100. The molecular formula is C20H24FN7O. The molecule has 152 valence electrons. The van der Waals surface area contributed by atoms with Gasteiger partial charge in [-0.3, -0.25) is 14.8 Å². The quantitative estimate of drug-likeness (QED) is 0.459. The molecule has 1 amide bonds. The zero-order valence-electron chi connectivity index (χ0n) is 16.3. The first-order chi connectivity index (χ1) is 13.9. The van der Waals surface area contributed by atoms with Gasteiger partial charge in [0, 0.05) is 30.7 Å². The van der Waals surface area contributed by atoms with Gasteiger partial charge in [0.05, 0.1) is 16.6 Å². The number of pyridine rings is 1. The fourth-order valence-corrected chi connectivity index (χ4v) is 3.03. The molecule has 0 bridgehead atoms. The van der Waals surface area contributed by atoms with E-state index in [-0.39, 0.29) is 23.2 Å². The van der Waals surface area contributed by atoms with Crippen molar-refractivity contribution in [3.63, 3.8) is 0 Å². The Morgan fingerprint density at radius 2 is 1.86 bits per heavy atom. The van der Waals surface area contributed by atoms with Crippen LogP contribution < -0.4 is 22.1 Å². The van der Waals surface area contributed by atoms with Crippen molar-refractivity contribution < 1.29 is 9.18 Å². The summed E-state index contributed by atoms with van der Waals surface area (Å²) >= 11 is 0. The van der Waals surface area contributed by atoms with Gasteiger partial charge >= 0.3 is 0 Å². The molecule has 6 N–H and O–H groups in total. The van der Waals surface area contributed by atoms with Gasteiger partial charge < -0.3 is 22.1 Å². The molecule has 0 fully saturated rings. The molecular weight excluding hydrogens is 373 g/mol. The van der Waals surface area contributed by atoms with Crippen molar-refractivity contribution in [1.82, 2.24) is 15.0 Å². The van der Waals surface area contributed by atoms with E-state index in [1.54, 1.807) is 30.6 Å². The van der Waals surface area contributed by atoms with E-state index in [4.69, 9.17) is 11.5 Å². The number of nitrogens with zero attached hydrogens (tertiary/aromatic N) is 3. The summed E-state index contributed by atoms with van der Waals surface area (Å²) in [6.45, 7) is 4.43. The Kier molecular flexibility index (Phi) is 6.18. The Hall–Kier alpha value is -3.33. The summed E-state index contributed by atoms with van der Waals surface area (Å²) in [5, 5.41) is 6.05. The molecule has 0 spiro atoms. The molecule has 0 aliphatic heterocycles. The zero-order chi connectivity index (χ0) is 21.0. The monoisotopic (exact) mass is 397 g/mol. The number of halogens is 1. The summed E-state index contributed by atoms with van der Waals surface area (Å²) in [6, 6.07) is 6.22. The molecule has 29 heavy (non-hydrogen) atoms. The summed E-state index contributed by atoms with van der Waals surface area (Å²) in [6.07, 6.45) is 3.94. The molecule has 8 nitrogen and oxygen atoms in total. The van der Waals surface area contributed by atoms with Gasteiger partial charge in [0.25, 0.3) is 5.91 Å². The molecule has 1 atom stereocenters. The second-order valence-electron chi connectivity index (χ2n) is 7.17. The molecule has 3 rings (SSSR count). The van der Waals surface area contributed by atoms with Gasteiger partial charge in [0.2, 0.25) is 0 Å². The van der Waals surface area contributed by atoms with Crippen molar-refractivity contribution in [3.05, 3.63) is 48.0 Å². The van der Waals surface area contributed by atoms with Crippen LogP contribution in [-0.2, 0) is 0 Å². The number of primary amides is 1. The third kappa shape index (κ3) is 4.94. The van der Waals surface area contributed by atoms with Crippen molar-refractivity contribution in [2.75, 3.05) is 17.2 Å². The average molecular weight is 397 g/mol. The largest absolute Gasteiger partial charge is 0.365 e. The van der Waals surface area contributed by atoms with E-state index in [1.165, 1.54) is 0 Å². The molecule has 2 heterocycles. The van der Waals surface area contributed by atoms with Crippen molar-refractivity contribution in [2.45, 2.75) is 26.3 Å². The van der Waals surface area contributed by atoms with E-state index < -0.39 is 11.7 Å². The second-order valence-corrected chi connectivity index (χ2v) is 7.17. The lowest BCUT2D eigenvalue weighted by Gasteiger charge is -2.21. The van der Waals surface area contributed by atoms with E-state index in [9.17, 15) is 9.18 Å². The van der Waals surface area contributed by atoms with Crippen LogP contribution in [0.1, 0.15) is 30.6 Å². The van der Waals surface area contributed by atoms with Gasteiger partial charge in [0.1, 0.15) is 5.82 Å². The molecule has 3 aromatic rings. The highest BCUT2D eigenvalue weighted by molar-refractivity contribution is 5.98. The average Bonchev–Trinajstić information content (AvgIpc) is 2.69. The third-order valence-electron chi connectivity index (χ3n) is 4.35. The minimum absolute atomic E-state index is 0.00850. The maximum atomic E-state index is 14.6. The lowest BCUT2D eigenvalue weighted by Crippen LogP contribution is -2.31. The molecule has 0 radical (unpaired) electrons. The highest BCUT2D eigenvalue weighted by Crippen LogP contribution is 2.26. The number of benzene rings is 1. The smallest absolute Gasteiger partial charge is 0.252 e. The predicted octanol–water partition coefficient (Wildman–Crippen LogP) is 2.79. The lowest BCUT2D eigenvalue weighted by atomic mass is 10.0. The first kappa shape index (κ1) is 20.4. The standard InChI is InChI=1S/C20H24FN7O/c1-11(2)7-13(10-22)27-20-15(21)9-14(18(23)29)19(28-20)26-12-3-4-16-17(8-12)25-6-5-24-16/h3-6,8-9,11,13H,7,10,22H2,1-2H3,(H2,23,29)(H2,26,27,28)/t13-/m1/s1. The minimum Gasteiger partial charge on any atom is -0.365 e. The maximum absolute atomic E-state index is 14.6. The Bertz CT molecular complexity index is 1020. The van der Waals surface area contributed by atoms with Crippen LogP contribution in [-0.4, -0.2) is 33.4 Å². The number of nitrogens with two attached hydrogens (primary N) is 2. The Balaban J connectivity index is 1.95. The zero-order valence-corrected chi connectivity index (χ0v) is 16.3. The topological polar surface area (TPSA) is 132 Å². The van der Waals surface area contributed by atoms with Crippen molar-refractivity contribution in [3.8, 4) is 0 Å². The Morgan fingerprint density at radius 1 is 1.14 bits per heavy atom. The van der Waals surface area contributed by atoms with E-state index in [1.807, 2.05) is 0 Å². The highest BCUT2D eigenvalue weighted by Gasteiger charge is 2.19. The van der Waals surface area contributed by atoms with Gasteiger partial charge in [-0.1, -0.05) is 13.8 Å². The predicted molar refractivity (Wildman–Crippen MR) is 111 cm³/mol. The molecule has 9 heteroatoms. The fraction of sp³-hybridized carbons (Fsp3) is 0.300. The van der Waals surface area contributed by atoms with Crippen LogP contribution in [0.25, 0.3) is 11.0 Å². The van der Waals surface area contributed by atoms with Gasteiger partial charge in [-0.15, -0.1) is 0 Å². The van der Waals surface area contributed by atoms with Crippen LogP contribution in [0.4, 0.5) is 21.7 Å². The van der Waals surface area contributed by atoms with E-state index in [0.29, 0.717) is 23.7 Å². The van der Waals surface area contributed by atoms with Crippen molar-refractivity contribution in [2.24, 2.45) is 17.4 Å². The number of aromatic nitrogens is 3. The maximum Gasteiger partial charge on any atom is 0.252 e. The number of fused-ring (bicyclic) bond motifs is 1. The van der Waals surface area contributed by atoms with Gasteiger partial charge in [-0.2, -0.15) is 0 Å². The minimum atomic E-state index is -0.788. The molecule has 1 aromatic carbocycles. The van der Waals surface area contributed by atoms with E-state index in [2.05, 4.69) is 39.4 Å². The normalized spacial score (nSPS) is 12.2. The second kappa shape index (κ2) is 8.78. The Morgan fingerprint density at radius 3 is 2.52 bits per heavy atom. The number of rotatable bonds is 8. The van der Waals surface area contributed by atoms with Crippen LogP contribution in [0.3, 0.4) is 0 Å². The number of hydrogen-bond donors (Lipinski definition) is 4. The van der Waals surface area contributed by atoms with Crippen LogP contribution in [0.2, 0.25) is 0 Å². The van der Waals surface area contributed by atoms with Crippen LogP contribution >= 0.6 is 0 Å².